The van der Waals surface area contributed by atoms with Gasteiger partial charge in [-0.1, -0.05) is 6.08 Å². The van der Waals surface area contributed by atoms with Gasteiger partial charge in [-0.25, -0.2) is 0 Å². The Morgan fingerprint density at radius 1 is 1.44 bits per heavy atom. The average molecular weight is 226 g/mol. The molecule has 0 spiro atoms. The van der Waals surface area contributed by atoms with Crippen LogP contribution >= 0.6 is 0 Å². The Kier molecular flexibility index (Phi) is 6.69. The minimum atomic E-state index is 0.471. The highest BCUT2D eigenvalue weighted by molar-refractivity contribution is 4.76. The predicted molar refractivity (Wildman–Crippen MR) is 68.7 cm³/mol. The predicted octanol–water partition coefficient (Wildman–Crippen LogP) is 1.65. The van der Waals surface area contributed by atoms with Crippen molar-refractivity contribution >= 4 is 0 Å². The zero-order chi connectivity index (χ0) is 11.8. The summed E-state index contributed by atoms with van der Waals surface area (Å²) in [6.45, 7) is 13.2. The highest BCUT2D eigenvalue weighted by Crippen LogP contribution is 2.07. The molecule has 0 bridgehead atoms. The molecule has 0 aliphatic carbocycles. The lowest BCUT2D eigenvalue weighted by Crippen LogP contribution is -2.37. The molecule has 1 heterocycles. The average Bonchev–Trinajstić information content (AvgIpc) is 2.29. The molecular weight excluding hydrogens is 200 g/mol. The van der Waals surface area contributed by atoms with Gasteiger partial charge in [0, 0.05) is 19.1 Å². The van der Waals surface area contributed by atoms with Gasteiger partial charge in [0.1, 0.15) is 0 Å². The van der Waals surface area contributed by atoms with Crippen molar-refractivity contribution in [3.8, 4) is 0 Å². The van der Waals surface area contributed by atoms with Crippen LogP contribution in [0.4, 0.5) is 0 Å². The molecular formula is C13H26N2O. The van der Waals surface area contributed by atoms with Crippen LogP contribution in [-0.4, -0.2) is 49.8 Å². The molecule has 1 aliphatic heterocycles. The summed E-state index contributed by atoms with van der Waals surface area (Å²) < 4.78 is 5.89. The number of hydrogen-bond donors (Lipinski definition) is 1. The lowest BCUT2D eigenvalue weighted by atomic mass is 10.1. The van der Waals surface area contributed by atoms with Crippen LogP contribution < -0.4 is 5.32 Å². The van der Waals surface area contributed by atoms with E-state index in [1.165, 1.54) is 0 Å². The van der Waals surface area contributed by atoms with Gasteiger partial charge < -0.3 is 10.1 Å². The summed E-state index contributed by atoms with van der Waals surface area (Å²) >= 11 is 0. The quantitative estimate of drug-likeness (QED) is 0.668. The van der Waals surface area contributed by atoms with E-state index >= 15 is 0 Å². The van der Waals surface area contributed by atoms with Gasteiger partial charge in [0.25, 0.3) is 0 Å². The van der Waals surface area contributed by atoms with Crippen molar-refractivity contribution in [2.45, 2.75) is 38.8 Å². The SMILES string of the molecule is C=CCN(CCOC1CCNCC1)C(C)C. The third kappa shape index (κ3) is 5.10. The smallest absolute Gasteiger partial charge is 0.0600 e. The van der Waals surface area contributed by atoms with Gasteiger partial charge in [0.05, 0.1) is 12.7 Å². The Balaban J connectivity index is 2.13. The Bertz CT molecular complexity index is 188. The summed E-state index contributed by atoms with van der Waals surface area (Å²) in [4.78, 5) is 2.38. The summed E-state index contributed by atoms with van der Waals surface area (Å²) in [5, 5.41) is 3.35. The Hall–Kier alpha value is -0.380. The number of nitrogens with zero attached hydrogens (tertiary/aromatic N) is 1. The van der Waals surface area contributed by atoms with Crippen LogP contribution in [0.3, 0.4) is 0 Å². The maximum Gasteiger partial charge on any atom is 0.0600 e. The van der Waals surface area contributed by atoms with Crippen LogP contribution in [0.1, 0.15) is 26.7 Å². The van der Waals surface area contributed by atoms with Gasteiger partial charge >= 0.3 is 0 Å². The minimum absolute atomic E-state index is 0.471. The molecule has 0 aromatic carbocycles. The maximum absolute atomic E-state index is 5.89. The van der Waals surface area contributed by atoms with Crippen molar-refractivity contribution in [3.05, 3.63) is 12.7 Å². The second kappa shape index (κ2) is 7.82. The van der Waals surface area contributed by atoms with Gasteiger partial charge in [0.2, 0.25) is 0 Å². The summed E-state index contributed by atoms with van der Waals surface area (Å²) in [6, 6.07) is 0.564. The molecule has 1 rings (SSSR count). The third-order valence-electron chi connectivity index (χ3n) is 3.11. The first-order valence-electron chi connectivity index (χ1n) is 6.41. The summed E-state index contributed by atoms with van der Waals surface area (Å²) in [7, 11) is 0. The molecule has 1 aliphatic rings. The van der Waals surface area contributed by atoms with E-state index in [0.717, 1.165) is 45.6 Å². The van der Waals surface area contributed by atoms with Crippen LogP contribution in [0.25, 0.3) is 0 Å². The topological polar surface area (TPSA) is 24.5 Å². The molecule has 0 amide bonds. The normalized spacial score (nSPS) is 18.2. The maximum atomic E-state index is 5.89. The molecule has 94 valence electrons. The molecule has 0 unspecified atom stereocenters. The van der Waals surface area contributed by atoms with E-state index in [9.17, 15) is 0 Å². The largest absolute Gasteiger partial charge is 0.377 e. The van der Waals surface area contributed by atoms with Crippen LogP contribution in [0.2, 0.25) is 0 Å². The van der Waals surface area contributed by atoms with Crippen LogP contribution in [0, 0.1) is 0 Å². The first-order valence-corrected chi connectivity index (χ1v) is 6.41. The highest BCUT2D eigenvalue weighted by Gasteiger charge is 2.14. The van der Waals surface area contributed by atoms with Crippen molar-refractivity contribution in [1.82, 2.24) is 10.2 Å². The van der Waals surface area contributed by atoms with Gasteiger partial charge in [-0.05, 0) is 39.8 Å². The van der Waals surface area contributed by atoms with E-state index in [0.29, 0.717) is 12.1 Å². The Morgan fingerprint density at radius 3 is 2.69 bits per heavy atom. The van der Waals surface area contributed by atoms with Crippen molar-refractivity contribution in [1.29, 1.82) is 0 Å². The van der Waals surface area contributed by atoms with Gasteiger partial charge in [-0.15, -0.1) is 6.58 Å². The lowest BCUT2D eigenvalue weighted by Gasteiger charge is -2.27. The van der Waals surface area contributed by atoms with Gasteiger partial charge in [-0.3, -0.25) is 4.90 Å². The molecule has 3 heteroatoms. The van der Waals surface area contributed by atoms with Crippen molar-refractivity contribution in [3.63, 3.8) is 0 Å². The zero-order valence-electron chi connectivity index (χ0n) is 10.7. The van der Waals surface area contributed by atoms with Crippen LogP contribution in [0.5, 0.6) is 0 Å². The Labute approximate surface area is 99.8 Å². The highest BCUT2D eigenvalue weighted by atomic mass is 16.5. The van der Waals surface area contributed by atoms with Crippen molar-refractivity contribution in [2.75, 3.05) is 32.8 Å². The van der Waals surface area contributed by atoms with Crippen molar-refractivity contribution < 1.29 is 4.74 Å². The number of piperidine rings is 1. The summed E-state index contributed by atoms with van der Waals surface area (Å²) in [6.07, 6.45) is 4.75. The lowest BCUT2D eigenvalue weighted by molar-refractivity contribution is 0.0178. The third-order valence-corrected chi connectivity index (χ3v) is 3.11. The van der Waals surface area contributed by atoms with Crippen molar-refractivity contribution in [2.24, 2.45) is 0 Å². The molecule has 16 heavy (non-hydrogen) atoms. The molecule has 1 fully saturated rings. The molecule has 1 saturated heterocycles. The van der Waals surface area contributed by atoms with Gasteiger partial charge in [-0.2, -0.15) is 0 Å². The van der Waals surface area contributed by atoms with E-state index in [4.69, 9.17) is 4.74 Å². The monoisotopic (exact) mass is 226 g/mol. The van der Waals surface area contributed by atoms with Gasteiger partial charge in [0.15, 0.2) is 0 Å². The molecule has 1 N–H and O–H groups in total. The van der Waals surface area contributed by atoms with E-state index in [1.807, 2.05) is 6.08 Å². The number of hydrogen-bond acceptors (Lipinski definition) is 3. The van der Waals surface area contributed by atoms with E-state index in [-0.39, 0.29) is 0 Å². The number of rotatable bonds is 7. The molecule has 0 atom stereocenters. The standard InChI is InChI=1S/C13H26N2O/c1-4-9-15(12(2)3)10-11-16-13-5-7-14-8-6-13/h4,12-14H,1,5-11H2,2-3H3. The van der Waals surface area contributed by atoms with E-state index < -0.39 is 0 Å². The molecule has 0 aromatic heterocycles. The fourth-order valence-electron chi connectivity index (χ4n) is 2.02. The van der Waals surface area contributed by atoms with Crippen LogP contribution in [-0.2, 0) is 4.74 Å². The summed E-state index contributed by atoms with van der Waals surface area (Å²) in [5.41, 5.74) is 0. The minimum Gasteiger partial charge on any atom is -0.377 e. The number of ether oxygens (including phenoxy) is 1. The second-order valence-corrected chi connectivity index (χ2v) is 4.70. The first-order chi connectivity index (χ1) is 7.74. The number of nitrogens with one attached hydrogen (secondary N) is 1. The van der Waals surface area contributed by atoms with Crippen LogP contribution in [0.15, 0.2) is 12.7 Å². The zero-order valence-corrected chi connectivity index (χ0v) is 10.7. The fraction of sp³-hybridized carbons (Fsp3) is 0.846. The molecule has 0 radical (unpaired) electrons. The molecule has 0 aromatic rings. The molecule has 3 nitrogen and oxygen atoms in total. The Morgan fingerprint density at radius 2 is 2.12 bits per heavy atom. The fourth-order valence-corrected chi connectivity index (χ4v) is 2.02. The van der Waals surface area contributed by atoms with E-state index in [2.05, 4.69) is 30.6 Å². The molecule has 0 saturated carbocycles. The van der Waals surface area contributed by atoms with E-state index in [1.54, 1.807) is 0 Å². The second-order valence-electron chi connectivity index (χ2n) is 4.70. The summed E-state index contributed by atoms with van der Waals surface area (Å²) in [5.74, 6) is 0. The first kappa shape index (κ1) is 13.7.